The first-order valence-corrected chi connectivity index (χ1v) is 6.71. The van der Waals surface area contributed by atoms with Gasteiger partial charge in [-0.1, -0.05) is 6.08 Å². The van der Waals surface area contributed by atoms with Crippen LogP contribution < -0.4 is 4.74 Å². The highest BCUT2D eigenvalue weighted by atomic mass is 19.1. The molecule has 4 amide bonds. The fourth-order valence-electron chi connectivity index (χ4n) is 1.98. The number of hydrogen-bond acceptors (Lipinski definition) is 4. The smallest absolute Gasteiger partial charge is 0.334 e. The van der Waals surface area contributed by atoms with E-state index in [1.54, 1.807) is 0 Å². The van der Waals surface area contributed by atoms with Crippen molar-refractivity contribution in [1.82, 2.24) is 9.80 Å². The Hall–Kier alpha value is -2.70. The Balaban J connectivity index is 1.82. The van der Waals surface area contributed by atoms with Gasteiger partial charge < -0.3 is 4.74 Å². The SMILES string of the molecule is C=CCN1C(=O)C(=O)N(CCCOc2ccc(F)cc2)C1=O. The number of hydrogen-bond donors (Lipinski definition) is 0. The van der Waals surface area contributed by atoms with Crippen molar-refractivity contribution in [3.8, 4) is 5.75 Å². The molecule has 7 heteroatoms. The number of ether oxygens (including phenoxy) is 1. The summed E-state index contributed by atoms with van der Waals surface area (Å²) >= 11 is 0. The van der Waals surface area contributed by atoms with Gasteiger partial charge >= 0.3 is 17.8 Å². The van der Waals surface area contributed by atoms with Crippen molar-refractivity contribution in [2.24, 2.45) is 0 Å². The molecule has 1 fully saturated rings. The number of amides is 4. The molecule has 1 saturated heterocycles. The van der Waals surface area contributed by atoms with Crippen molar-refractivity contribution in [3.05, 3.63) is 42.7 Å². The van der Waals surface area contributed by atoms with Crippen molar-refractivity contribution in [2.45, 2.75) is 6.42 Å². The lowest BCUT2D eigenvalue weighted by molar-refractivity contribution is -0.143. The standard InChI is InChI=1S/C15H15FN2O4/c1-2-8-17-13(19)14(20)18(15(17)21)9-3-10-22-12-6-4-11(16)5-7-12/h2,4-7H,1,3,8-10H2. The van der Waals surface area contributed by atoms with E-state index in [2.05, 4.69) is 6.58 Å². The molecule has 1 aromatic carbocycles. The predicted molar refractivity (Wildman–Crippen MR) is 75.5 cm³/mol. The lowest BCUT2D eigenvalue weighted by atomic mass is 10.3. The summed E-state index contributed by atoms with van der Waals surface area (Å²) in [4.78, 5) is 36.9. The minimum absolute atomic E-state index is 0.00594. The monoisotopic (exact) mass is 306 g/mol. The van der Waals surface area contributed by atoms with Gasteiger partial charge in [0.2, 0.25) is 0 Å². The molecule has 0 atom stereocenters. The molecule has 6 nitrogen and oxygen atoms in total. The van der Waals surface area contributed by atoms with Crippen LogP contribution in [-0.4, -0.2) is 47.3 Å². The number of nitrogens with zero attached hydrogens (tertiary/aromatic N) is 2. The van der Waals surface area contributed by atoms with E-state index in [4.69, 9.17) is 4.74 Å². The first kappa shape index (κ1) is 15.7. The van der Waals surface area contributed by atoms with E-state index in [-0.39, 0.29) is 25.5 Å². The molecule has 0 aliphatic carbocycles. The molecular weight excluding hydrogens is 291 g/mol. The molecule has 0 saturated carbocycles. The Kier molecular flexibility index (Phi) is 4.88. The zero-order valence-corrected chi connectivity index (χ0v) is 11.8. The molecule has 1 aliphatic rings. The van der Waals surface area contributed by atoms with Gasteiger partial charge in [-0.15, -0.1) is 6.58 Å². The molecule has 0 N–H and O–H groups in total. The molecule has 1 aromatic rings. The Morgan fingerprint density at radius 3 is 2.36 bits per heavy atom. The molecule has 1 aliphatic heterocycles. The Bertz CT molecular complexity index is 600. The maximum atomic E-state index is 12.7. The third-order valence-corrected chi connectivity index (χ3v) is 3.06. The molecule has 0 unspecified atom stereocenters. The second-order valence-electron chi connectivity index (χ2n) is 4.60. The van der Waals surface area contributed by atoms with E-state index < -0.39 is 17.8 Å². The largest absolute Gasteiger partial charge is 0.494 e. The summed E-state index contributed by atoms with van der Waals surface area (Å²) in [5.41, 5.74) is 0. The Morgan fingerprint density at radius 2 is 1.73 bits per heavy atom. The molecule has 0 aromatic heterocycles. The number of halogens is 1. The number of imide groups is 2. The van der Waals surface area contributed by atoms with Crippen molar-refractivity contribution in [1.29, 1.82) is 0 Å². The second-order valence-corrected chi connectivity index (χ2v) is 4.60. The molecular formula is C15H15FN2O4. The number of benzene rings is 1. The number of carbonyl (C=O) groups excluding carboxylic acids is 3. The minimum atomic E-state index is -0.843. The van der Waals surface area contributed by atoms with E-state index in [0.717, 1.165) is 9.80 Å². The van der Waals surface area contributed by atoms with E-state index in [9.17, 15) is 18.8 Å². The first-order chi connectivity index (χ1) is 10.5. The Labute approximate surface area is 126 Å². The van der Waals surface area contributed by atoms with E-state index in [0.29, 0.717) is 12.2 Å². The van der Waals surface area contributed by atoms with Crippen LogP contribution in [0.2, 0.25) is 0 Å². The maximum Gasteiger partial charge on any atom is 0.334 e. The lowest BCUT2D eigenvalue weighted by Gasteiger charge is -2.14. The highest BCUT2D eigenvalue weighted by Gasteiger charge is 2.43. The predicted octanol–water partition coefficient (Wildman–Crippen LogP) is 1.57. The van der Waals surface area contributed by atoms with E-state index >= 15 is 0 Å². The maximum absolute atomic E-state index is 12.7. The molecule has 0 bridgehead atoms. The fraction of sp³-hybridized carbons (Fsp3) is 0.267. The summed E-state index contributed by atoms with van der Waals surface area (Å²) in [6.45, 7) is 3.76. The zero-order valence-electron chi connectivity index (χ0n) is 11.8. The minimum Gasteiger partial charge on any atom is -0.494 e. The summed E-state index contributed by atoms with van der Waals surface area (Å²) < 4.78 is 18.1. The van der Waals surface area contributed by atoms with Gasteiger partial charge in [-0.25, -0.2) is 9.18 Å². The summed E-state index contributed by atoms with van der Waals surface area (Å²) in [6.07, 6.45) is 1.74. The van der Waals surface area contributed by atoms with Gasteiger partial charge in [0.1, 0.15) is 11.6 Å². The molecule has 116 valence electrons. The summed E-state index contributed by atoms with van der Waals surface area (Å²) in [7, 11) is 0. The van der Waals surface area contributed by atoms with Crippen molar-refractivity contribution < 1.29 is 23.5 Å². The third-order valence-electron chi connectivity index (χ3n) is 3.06. The van der Waals surface area contributed by atoms with Gasteiger partial charge in [0.15, 0.2) is 0 Å². The van der Waals surface area contributed by atoms with Gasteiger partial charge in [0.05, 0.1) is 6.61 Å². The first-order valence-electron chi connectivity index (χ1n) is 6.71. The molecule has 1 heterocycles. The average molecular weight is 306 g/mol. The average Bonchev–Trinajstić information content (AvgIpc) is 2.71. The van der Waals surface area contributed by atoms with Crippen LogP contribution >= 0.6 is 0 Å². The normalized spacial score (nSPS) is 14.7. The van der Waals surface area contributed by atoms with Crippen LogP contribution in [0.5, 0.6) is 5.75 Å². The Morgan fingerprint density at radius 1 is 1.09 bits per heavy atom. The van der Waals surface area contributed by atoms with E-state index in [1.165, 1.54) is 30.3 Å². The highest BCUT2D eigenvalue weighted by Crippen LogP contribution is 2.14. The van der Waals surface area contributed by atoms with Crippen molar-refractivity contribution in [3.63, 3.8) is 0 Å². The van der Waals surface area contributed by atoms with Gasteiger partial charge in [-0.3, -0.25) is 19.4 Å². The summed E-state index contributed by atoms with van der Waals surface area (Å²) in [5.74, 6) is -1.55. The fourth-order valence-corrected chi connectivity index (χ4v) is 1.98. The zero-order chi connectivity index (χ0) is 16.1. The topological polar surface area (TPSA) is 66.9 Å². The molecule has 0 spiro atoms. The summed E-state index contributed by atoms with van der Waals surface area (Å²) in [6, 6.07) is 4.87. The molecule has 2 rings (SSSR count). The van der Waals surface area contributed by atoms with Crippen molar-refractivity contribution >= 4 is 17.8 Å². The second kappa shape index (κ2) is 6.84. The van der Waals surface area contributed by atoms with Gasteiger partial charge in [0.25, 0.3) is 0 Å². The van der Waals surface area contributed by atoms with Crippen LogP contribution in [0, 0.1) is 5.82 Å². The van der Waals surface area contributed by atoms with Crippen LogP contribution in [0.1, 0.15) is 6.42 Å². The number of carbonyl (C=O) groups is 3. The number of urea groups is 1. The highest BCUT2D eigenvalue weighted by molar-refractivity contribution is 6.44. The summed E-state index contributed by atoms with van der Waals surface area (Å²) in [5, 5.41) is 0. The van der Waals surface area contributed by atoms with Crippen LogP contribution in [0.4, 0.5) is 9.18 Å². The molecule has 0 radical (unpaired) electrons. The van der Waals surface area contributed by atoms with Gasteiger partial charge in [0, 0.05) is 13.1 Å². The van der Waals surface area contributed by atoms with Crippen LogP contribution in [0.3, 0.4) is 0 Å². The van der Waals surface area contributed by atoms with Crippen molar-refractivity contribution in [2.75, 3.05) is 19.7 Å². The quantitative estimate of drug-likeness (QED) is 0.332. The third kappa shape index (κ3) is 3.30. The number of rotatable bonds is 7. The van der Waals surface area contributed by atoms with Gasteiger partial charge in [-0.05, 0) is 30.7 Å². The van der Waals surface area contributed by atoms with Crippen LogP contribution in [0.25, 0.3) is 0 Å². The van der Waals surface area contributed by atoms with Crippen LogP contribution in [0.15, 0.2) is 36.9 Å². The van der Waals surface area contributed by atoms with E-state index in [1.807, 2.05) is 0 Å². The molecule has 22 heavy (non-hydrogen) atoms. The lowest BCUT2D eigenvalue weighted by Crippen LogP contribution is -2.34. The van der Waals surface area contributed by atoms with Gasteiger partial charge in [-0.2, -0.15) is 0 Å². The van der Waals surface area contributed by atoms with Crippen LogP contribution in [-0.2, 0) is 9.59 Å².